The maximum absolute atomic E-state index is 9.11. The van der Waals surface area contributed by atoms with Gasteiger partial charge >= 0.3 is 0 Å². The Kier molecular flexibility index (Phi) is 5.01. The number of piperidine rings is 1. The summed E-state index contributed by atoms with van der Waals surface area (Å²) >= 11 is 3.51. The first-order valence-electron chi connectivity index (χ1n) is 6.39. The van der Waals surface area contributed by atoms with Gasteiger partial charge in [0, 0.05) is 23.7 Å². The Morgan fingerprint density at radius 2 is 2.24 bits per heavy atom. The molecule has 1 aromatic carbocycles. The summed E-state index contributed by atoms with van der Waals surface area (Å²) in [5.74, 6) is 0. The lowest BCUT2D eigenvalue weighted by molar-refractivity contribution is 0.112. The van der Waals surface area contributed by atoms with E-state index >= 15 is 0 Å². The molecule has 3 heteroatoms. The van der Waals surface area contributed by atoms with Gasteiger partial charge in [0.05, 0.1) is 0 Å². The molecule has 0 aliphatic carbocycles. The van der Waals surface area contributed by atoms with E-state index < -0.39 is 0 Å². The van der Waals surface area contributed by atoms with E-state index in [1.54, 1.807) is 0 Å². The van der Waals surface area contributed by atoms with Crippen LogP contribution in [0.4, 0.5) is 0 Å². The lowest BCUT2D eigenvalue weighted by atomic mass is 9.99. The maximum atomic E-state index is 9.11. The Balaban J connectivity index is 2.00. The van der Waals surface area contributed by atoms with E-state index in [2.05, 4.69) is 45.1 Å². The van der Waals surface area contributed by atoms with Gasteiger partial charge < -0.3 is 5.11 Å². The maximum Gasteiger partial charge on any atom is 0.0445 e. The third kappa shape index (κ3) is 3.80. The van der Waals surface area contributed by atoms with Gasteiger partial charge in [0.25, 0.3) is 0 Å². The quantitative estimate of drug-likeness (QED) is 0.923. The average molecular weight is 298 g/mol. The van der Waals surface area contributed by atoms with Crippen molar-refractivity contribution < 1.29 is 5.11 Å². The first kappa shape index (κ1) is 13.1. The Morgan fingerprint density at radius 3 is 3.00 bits per heavy atom. The van der Waals surface area contributed by atoms with Crippen molar-refractivity contribution in [2.24, 2.45) is 0 Å². The van der Waals surface area contributed by atoms with Crippen LogP contribution in [-0.4, -0.2) is 29.2 Å². The van der Waals surface area contributed by atoms with Crippen molar-refractivity contribution in [2.45, 2.75) is 38.3 Å². The van der Waals surface area contributed by atoms with E-state index in [0.717, 1.165) is 24.0 Å². The van der Waals surface area contributed by atoms with Crippen molar-refractivity contribution in [1.82, 2.24) is 4.90 Å². The Labute approximate surface area is 112 Å². The molecule has 1 aliphatic heterocycles. The van der Waals surface area contributed by atoms with E-state index in [1.807, 2.05) is 0 Å². The molecule has 17 heavy (non-hydrogen) atoms. The van der Waals surface area contributed by atoms with Gasteiger partial charge in [-0.05, 0) is 43.5 Å². The minimum absolute atomic E-state index is 0.305. The van der Waals surface area contributed by atoms with Gasteiger partial charge in [-0.3, -0.25) is 4.90 Å². The molecule has 0 saturated carbocycles. The molecule has 2 rings (SSSR count). The lowest BCUT2D eigenvalue weighted by Crippen LogP contribution is -2.39. The molecule has 1 saturated heterocycles. The van der Waals surface area contributed by atoms with Crippen molar-refractivity contribution in [3.8, 4) is 0 Å². The summed E-state index contributed by atoms with van der Waals surface area (Å²) in [4.78, 5) is 2.52. The molecule has 1 aliphatic rings. The summed E-state index contributed by atoms with van der Waals surface area (Å²) in [7, 11) is 0. The van der Waals surface area contributed by atoms with Crippen LogP contribution in [0, 0.1) is 0 Å². The molecule has 1 unspecified atom stereocenters. The highest BCUT2D eigenvalue weighted by Crippen LogP contribution is 2.22. The number of aliphatic hydroxyl groups is 1. The van der Waals surface area contributed by atoms with Gasteiger partial charge in [0.2, 0.25) is 0 Å². The van der Waals surface area contributed by atoms with Gasteiger partial charge in [0.1, 0.15) is 0 Å². The highest BCUT2D eigenvalue weighted by molar-refractivity contribution is 9.10. The van der Waals surface area contributed by atoms with Crippen molar-refractivity contribution in [2.75, 3.05) is 13.2 Å². The van der Waals surface area contributed by atoms with E-state index in [-0.39, 0.29) is 0 Å². The molecule has 0 spiro atoms. The fourth-order valence-electron chi connectivity index (χ4n) is 2.61. The topological polar surface area (TPSA) is 23.5 Å². The zero-order valence-electron chi connectivity index (χ0n) is 10.1. The molecule has 0 aromatic heterocycles. The fraction of sp³-hybridized carbons (Fsp3) is 0.571. The zero-order valence-corrected chi connectivity index (χ0v) is 11.7. The van der Waals surface area contributed by atoms with Gasteiger partial charge in [-0.15, -0.1) is 0 Å². The summed E-state index contributed by atoms with van der Waals surface area (Å²) in [5.41, 5.74) is 1.35. The highest BCUT2D eigenvalue weighted by Gasteiger charge is 2.21. The molecular formula is C14H20BrNO. The van der Waals surface area contributed by atoms with Crippen LogP contribution in [0.5, 0.6) is 0 Å². The number of halogens is 1. The van der Waals surface area contributed by atoms with E-state index in [4.69, 9.17) is 5.11 Å². The van der Waals surface area contributed by atoms with Crippen LogP contribution in [0.15, 0.2) is 28.7 Å². The number of rotatable bonds is 4. The molecule has 94 valence electrons. The number of hydrogen-bond donors (Lipinski definition) is 1. The summed E-state index contributed by atoms with van der Waals surface area (Å²) in [5, 5.41) is 9.11. The van der Waals surface area contributed by atoms with E-state index in [9.17, 15) is 0 Å². The van der Waals surface area contributed by atoms with Crippen molar-refractivity contribution in [3.63, 3.8) is 0 Å². The summed E-state index contributed by atoms with van der Waals surface area (Å²) in [6.45, 7) is 2.47. The first-order chi connectivity index (χ1) is 8.29. The molecule has 1 atom stereocenters. The van der Waals surface area contributed by atoms with Crippen LogP contribution in [0.25, 0.3) is 0 Å². The van der Waals surface area contributed by atoms with Crippen molar-refractivity contribution in [1.29, 1.82) is 0 Å². The zero-order chi connectivity index (χ0) is 12.1. The Morgan fingerprint density at radius 1 is 1.35 bits per heavy atom. The minimum atomic E-state index is 0.305. The molecule has 1 heterocycles. The highest BCUT2D eigenvalue weighted by atomic mass is 79.9. The number of aliphatic hydroxyl groups excluding tert-OH is 1. The standard InChI is InChI=1S/C14H20BrNO/c15-13-5-3-4-12(10-13)11-16-8-2-1-6-14(16)7-9-17/h3-5,10,14,17H,1-2,6-9,11H2. The third-order valence-corrected chi connectivity index (χ3v) is 3.98. The molecule has 0 bridgehead atoms. The van der Waals surface area contributed by atoms with Crippen LogP contribution in [-0.2, 0) is 6.54 Å². The third-order valence-electron chi connectivity index (χ3n) is 3.49. The van der Waals surface area contributed by atoms with Crippen LogP contribution >= 0.6 is 15.9 Å². The summed E-state index contributed by atoms with van der Waals surface area (Å²) in [6, 6.07) is 9.07. The lowest BCUT2D eigenvalue weighted by Gasteiger charge is -2.35. The minimum Gasteiger partial charge on any atom is -0.396 e. The van der Waals surface area contributed by atoms with Gasteiger partial charge in [0.15, 0.2) is 0 Å². The van der Waals surface area contributed by atoms with E-state index in [1.165, 1.54) is 24.8 Å². The normalized spacial score (nSPS) is 21.6. The fourth-order valence-corrected chi connectivity index (χ4v) is 3.06. The largest absolute Gasteiger partial charge is 0.396 e. The molecule has 0 radical (unpaired) electrons. The van der Waals surface area contributed by atoms with Crippen LogP contribution < -0.4 is 0 Å². The second-order valence-corrected chi connectivity index (χ2v) is 5.68. The van der Waals surface area contributed by atoms with Crippen LogP contribution in [0.3, 0.4) is 0 Å². The average Bonchev–Trinajstić information content (AvgIpc) is 2.32. The number of likely N-dealkylation sites (tertiary alicyclic amines) is 1. The monoisotopic (exact) mass is 297 g/mol. The second kappa shape index (κ2) is 6.53. The molecule has 0 amide bonds. The number of hydrogen-bond acceptors (Lipinski definition) is 2. The predicted octanol–water partition coefficient (Wildman–Crippen LogP) is 3.19. The Bertz CT molecular complexity index is 354. The van der Waals surface area contributed by atoms with Gasteiger partial charge in [-0.1, -0.05) is 34.5 Å². The SMILES string of the molecule is OCCC1CCCCN1Cc1cccc(Br)c1. The molecule has 2 nitrogen and oxygen atoms in total. The summed E-state index contributed by atoms with van der Waals surface area (Å²) in [6.07, 6.45) is 4.73. The van der Waals surface area contributed by atoms with Gasteiger partial charge in [-0.25, -0.2) is 0 Å². The van der Waals surface area contributed by atoms with Crippen LogP contribution in [0.2, 0.25) is 0 Å². The Hall–Kier alpha value is -0.380. The smallest absolute Gasteiger partial charge is 0.0445 e. The van der Waals surface area contributed by atoms with Crippen molar-refractivity contribution >= 4 is 15.9 Å². The van der Waals surface area contributed by atoms with E-state index in [0.29, 0.717) is 12.6 Å². The number of nitrogens with zero attached hydrogens (tertiary/aromatic N) is 1. The predicted molar refractivity (Wildman–Crippen MR) is 73.9 cm³/mol. The second-order valence-electron chi connectivity index (χ2n) is 4.76. The van der Waals surface area contributed by atoms with Crippen molar-refractivity contribution in [3.05, 3.63) is 34.3 Å². The summed E-state index contributed by atoms with van der Waals surface area (Å²) < 4.78 is 1.14. The molecular weight excluding hydrogens is 278 g/mol. The van der Waals surface area contributed by atoms with Crippen LogP contribution in [0.1, 0.15) is 31.2 Å². The molecule has 1 fully saturated rings. The molecule has 1 aromatic rings. The van der Waals surface area contributed by atoms with Gasteiger partial charge in [-0.2, -0.15) is 0 Å². The first-order valence-corrected chi connectivity index (χ1v) is 7.18. The molecule has 1 N–H and O–H groups in total. The number of benzene rings is 1.